The molecule has 8 atom stereocenters. The van der Waals surface area contributed by atoms with E-state index in [1.165, 1.54) is 6.08 Å². The average Bonchev–Trinajstić information content (AvgIpc) is 3.43. The number of amides is 1. The van der Waals surface area contributed by atoms with Crippen LogP contribution in [0.3, 0.4) is 0 Å². The van der Waals surface area contributed by atoms with Crippen molar-refractivity contribution in [2.45, 2.75) is 178 Å². The lowest BCUT2D eigenvalue weighted by Gasteiger charge is -2.36. The van der Waals surface area contributed by atoms with E-state index in [1.54, 1.807) is 10.8 Å². The Morgan fingerprint density at radius 2 is 1.60 bits per heavy atom. The first kappa shape index (κ1) is 54.0. The standard InChI is InChI=1S/C38H66N2O19S3/c1-3-28(2)37(43)55-30-23-34-32-18-12-5-4-6-14-20-35(41)39-25-36(42)56-31(17-11-7-9-15-21-38(24-30,57-32)58-34)33(59-62(50,51)52)19-13-8-10-16-22-53-26-29(40-60(44,45)46)27-54-61(47,48)49/h14,20,28-34,40H,3-13,15-19,21-27H2,1-2H3,(H,39,41)(H,44,45,46)(H,47,48,49)(H,50,51,52). The summed E-state index contributed by atoms with van der Waals surface area (Å²) < 4.78 is 136. The normalized spacial score (nSPS) is 26.9. The van der Waals surface area contributed by atoms with Crippen molar-refractivity contribution in [2.75, 3.05) is 26.4 Å². The maximum atomic E-state index is 13.0. The summed E-state index contributed by atoms with van der Waals surface area (Å²) >= 11 is 0. The van der Waals surface area contributed by atoms with E-state index in [0.717, 1.165) is 32.1 Å². The molecule has 24 heteroatoms. The van der Waals surface area contributed by atoms with Crippen LogP contribution in [0.2, 0.25) is 0 Å². The maximum Gasteiger partial charge on any atom is 0.397 e. The monoisotopic (exact) mass is 950 g/mol. The van der Waals surface area contributed by atoms with Crippen LogP contribution >= 0.6 is 0 Å². The molecule has 5 N–H and O–H groups in total. The van der Waals surface area contributed by atoms with E-state index in [-0.39, 0.29) is 49.6 Å². The molecule has 3 aliphatic rings. The molecule has 3 rings (SSSR count). The summed E-state index contributed by atoms with van der Waals surface area (Å²) in [6.45, 7) is 2.09. The molecular formula is C38H66N2O19S3. The Morgan fingerprint density at radius 3 is 2.31 bits per heavy atom. The van der Waals surface area contributed by atoms with Crippen molar-refractivity contribution in [2.24, 2.45) is 5.92 Å². The highest BCUT2D eigenvalue weighted by Crippen LogP contribution is 2.45. The highest BCUT2D eigenvalue weighted by molar-refractivity contribution is 7.83. The number of fused-ring (bicyclic) bond motifs is 3. The van der Waals surface area contributed by atoms with Gasteiger partial charge in [0, 0.05) is 25.9 Å². The van der Waals surface area contributed by atoms with Gasteiger partial charge in [-0.05, 0) is 63.9 Å². The van der Waals surface area contributed by atoms with E-state index in [0.29, 0.717) is 77.0 Å². The number of esters is 2. The third kappa shape index (κ3) is 22.5. The molecule has 3 aliphatic heterocycles. The quantitative estimate of drug-likeness (QED) is 0.0658. The Bertz CT molecular complexity index is 1760. The smallest absolute Gasteiger partial charge is 0.397 e. The second kappa shape index (κ2) is 26.6. The number of allylic oxidation sites excluding steroid dienone is 1. The summed E-state index contributed by atoms with van der Waals surface area (Å²) in [5.41, 5.74) is 0. The minimum Gasteiger partial charge on any atom is -0.462 e. The molecule has 0 aromatic heterocycles. The van der Waals surface area contributed by atoms with Gasteiger partial charge in [-0.1, -0.05) is 64.9 Å². The van der Waals surface area contributed by atoms with Crippen molar-refractivity contribution in [3.05, 3.63) is 12.2 Å². The van der Waals surface area contributed by atoms with E-state index in [1.807, 2.05) is 13.8 Å². The lowest BCUT2D eigenvalue weighted by atomic mass is 9.93. The summed E-state index contributed by atoms with van der Waals surface area (Å²) in [6, 6.07) is -1.35. The van der Waals surface area contributed by atoms with E-state index < -0.39 is 86.8 Å². The Morgan fingerprint density at radius 1 is 0.903 bits per heavy atom. The number of carbonyl (C=O) groups is 3. The van der Waals surface area contributed by atoms with Gasteiger partial charge in [-0.3, -0.25) is 28.0 Å². The fourth-order valence-electron chi connectivity index (χ4n) is 7.61. The molecule has 0 aromatic rings. The van der Waals surface area contributed by atoms with Gasteiger partial charge in [-0.25, -0.2) is 8.37 Å². The summed E-state index contributed by atoms with van der Waals surface area (Å²) in [4.78, 5) is 38.1. The molecule has 2 fully saturated rings. The molecule has 62 heavy (non-hydrogen) atoms. The van der Waals surface area contributed by atoms with Gasteiger partial charge in [0.2, 0.25) is 5.91 Å². The number of cyclic esters (lactones) is 1. The number of ether oxygens (including phenoxy) is 5. The lowest BCUT2D eigenvalue weighted by Crippen LogP contribution is -2.42. The molecule has 3 heterocycles. The van der Waals surface area contributed by atoms with Crippen molar-refractivity contribution in [1.29, 1.82) is 0 Å². The minimum atomic E-state index is -4.99. The third-order valence-corrected chi connectivity index (χ3v) is 12.4. The fourth-order valence-corrected chi connectivity index (χ4v) is 9.04. The van der Waals surface area contributed by atoms with Crippen molar-refractivity contribution in [1.82, 2.24) is 10.0 Å². The zero-order chi connectivity index (χ0) is 45.8. The van der Waals surface area contributed by atoms with E-state index >= 15 is 0 Å². The topological polar surface area (TPSA) is 303 Å². The van der Waals surface area contributed by atoms with E-state index in [2.05, 4.69) is 9.50 Å². The van der Waals surface area contributed by atoms with Crippen LogP contribution in [0.25, 0.3) is 0 Å². The molecule has 0 aliphatic carbocycles. The highest BCUT2D eigenvalue weighted by Gasteiger charge is 2.53. The second-order valence-electron chi connectivity index (χ2n) is 16.1. The van der Waals surface area contributed by atoms with E-state index in [9.17, 15) is 44.2 Å². The molecular weight excluding hydrogens is 885 g/mol. The first-order valence-electron chi connectivity index (χ1n) is 21.5. The molecule has 3 bridgehead atoms. The highest BCUT2D eigenvalue weighted by atomic mass is 32.3. The Balaban J connectivity index is 1.62. The van der Waals surface area contributed by atoms with E-state index in [4.69, 9.17) is 37.0 Å². The van der Waals surface area contributed by atoms with Gasteiger partial charge >= 0.3 is 43.0 Å². The van der Waals surface area contributed by atoms with Crippen LogP contribution in [-0.2, 0) is 77.5 Å². The third-order valence-electron chi connectivity index (χ3n) is 10.8. The van der Waals surface area contributed by atoms with Crippen LogP contribution in [0, 0.1) is 5.92 Å². The van der Waals surface area contributed by atoms with Crippen molar-refractivity contribution < 1.29 is 85.3 Å². The zero-order valence-electron chi connectivity index (χ0n) is 35.6. The van der Waals surface area contributed by atoms with Crippen molar-refractivity contribution in [3.8, 4) is 0 Å². The first-order chi connectivity index (χ1) is 29.2. The number of carbonyl (C=O) groups excluding carboxylic acids is 3. The van der Waals surface area contributed by atoms with Gasteiger partial charge in [0.05, 0.1) is 37.4 Å². The van der Waals surface area contributed by atoms with Crippen LogP contribution in [0.1, 0.15) is 136 Å². The van der Waals surface area contributed by atoms with Gasteiger partial charge in [0.1, 0.15) is 24.9 Å². The van der Waals surface area contributed by atoms with Crippen LogP contribution in [0.4, 0.5) is 0 Å². The number of hydrogen-bond donors (Lipinski definition) is 5. The van der Waals surface area contributed by atoms with Crippen molar-refractivity contribution in [3.63, 3.8) is 0 Å². The molecule has 0 saturated carbocycles. The second-order valence-corrected chi connectivity index (χ2v) is 19.4. The van der Waals surface area contributed by atoms with Gasteiger partial charge in [0.25, 0.3) is 0 Å². The number of nitrogens with one attached hydrogen (secondary N) is 2. The number of hydrogen-bond acceptors (Lipinski definition) is 16. The first-order valence-corrected chi connectivity index (χ1v) is 25.6. The predicted octanol–water partition coefficient (Wildman–Crippen LogP) is 3.84. The maximum absolute atomic E-state index is 13.0. The van der Waals surface area contributed by atoms with Gasteiger partial charge in [-0.15, -0.1) is 0 Å². The number of rotatable bonds is 20. The molecule has 360 valence electrons. The Kier molecular flexibility index (Phi) is 23.1. The molecule has 1 amide bonds. The zero-order valence-corrected chi connectivity index (χ0v) is 38.0. The Hall–Kier alpha value is -2.36. The lowest BCUT2D eigenvalue weighted by molar-refractivity contribution is -0.224. The summed E-state index contributed by atoms with van der Waals surface area (Å²) in [7, 11) is -14.6. The van der Waals surface area contributed by atoms with Crippen LogP contribution in [0.5, 0.6) is 0 Å². The number of unbranched alkanes of at least 4 members (excludes halogenated alkanes) is 3. The molecule has 2 saturated heterocycles. The van der Waals surface area contributed by atoms with Gasteiger partial charge in [-0.2, -0.15) is 30.0 Å². The summed E-state index contributed by atoms with van der Waals surface area (Å²) in [6.07, 6.45) is 10.8. The fraction of sp³-hybridized carbons (Fsp3) is 0.868. The van der Waals surface area contributed by atoms with Crippen LogP contribution in [-0.4, -0.2) is 125 Å². The average molecular weight is 951 g/mol. The van der Waals surface area contributed by atoms with Gasteiger partial charge in [0.15, 0.2) is 5.79 Å². The molecule has 0 radical (unpaired) electrons. The van der Waals surface area contributed by atoms with Gasteiger partial charge < -0.3 is 29.0 Å². The SMILES string of the molecule is CCC(C)C(=O)OC1CC2OC3(CCCCCCC(C(CCCCCCOCC(COS(=O)(=O)O)NS(=O)(=O)O)OS(=O)(=O)O)OC(=O)CNC(=O)C=CCCCCCC2O3)C1. The molecule has 21 nitrogen and oxygen atoms in total. The minimum absolute atomic E-state index is 0.0450. The molecule has 0 aromatic carbocycles. The van der Waals surface area contributed by atoms with Crippen LogP contribution < -0.4 is 10.0 Å². The Labute approximate surface area is 365 Å². The molecule has 8 unspecified atom stereocenters. The van der Waals surface area contributed by atoms with Crippen LogP contribution in [0.15, 0.2) is 12.2 Å². The van der Waals surface area contributed by atoms with Crippen molar-refractivity contribution >= 4 is 48.9 Å². The molecule has 1 spiro atoms. The predicted molar refractivity (Wildman–Crippen MR) is 220 cm³/mol. The largest absolute Gasteiger partial charge is 0.462 e. The summed E-state index contributed by atoms with van der Waals surface area (Å²) in [5, 5.41) is 2.48. The summed E-state index contributed by atoms with van der Waals surface area (Å²) in [5.74, 6) is -2.67.